The lowest BCUT2D eigenvalue weighted by atomic mass is 9.99. The van der Waals surface area contributed by atoms with E-state index in [0.717, 1.165) is 12.2 Å². The molecule has 10 heteroatoms. The van der Waals surface area contributed by atoms with Gasteiger partial charge in [-0.15, -0.1) is 0 Å². The third-order valence-corrected chi connectivity index (χ3v) is 6.44. The van der Waals surface area contributed by atoms with Gasteiger partial charge in [-0.2, -0.15) is 14.5 Å². The Morgan fingerprint density at radius 1 is 1.38 bits per heavy atom. The molecule has 0 aliphatic carbocycles. The summed E-state index contributed by atoms with van der Waals surface area (Å²) in [5, 5.41) is 11.0. The zero-order valence-electron chi connectivity index (χ0n) is 15.0. The number of hydrogen-bond acceptors (Lipinski definition) is 5. The molecule has 2 aromatic heterocycles. The molecule has 1 saturated heterocycles. The maximum Gasteiger partial charge on any atom is 0.246 e. The minimum absolute atomic E-state index is 0.125. The molecule has 1 atom stereocenters. The Morgan fingerprint density at radius 2 is 2.19 bits per heavy atom. The number of sulfonamides is 1. The molecular weight excluding hydrogens is 356 g/mol. The molecule has 142 valence electrons. The number of carbonyl (C=O) groups excluding carboxylic acids is 1. The zero-order valence-corrected chi connectivity index (χ0v) is 15.8. The van der Waals surface area contributed by atoms with E-state index in [-0.39, 0.29) is 23.3 Å². The Hall–Kier alpha value is -2.20. The van der Waals surface area contributed by atoms with E-state index in [4.69, 9.17) is 0 Å². The predicted molar refractivity (Wildman–Crippen MR) is 94.4 cm³/mol. The standard InChI is InChI=1S/C16H24N6O3S/c1-3-22-14(6-7-18-22)9-17-16(23)13-5-4-8-21(11-13)26(24,25)15-10-19-20(2)12-15/h6-7,10,12-13H,3-5,8-9,11H2,1-2H3,(H,17,23)/t13-/m1/s1. The van der Waals surface area contributed by atoms with Gasteiger partial charge in [0.15, 0.2) is 0 Å². The molecule has 0 radical (unpaired) electrons. The second-order valence-corrected chi connectivity index (χ2v) is 8.35. The highest BCUT2D eigenvalue weighted by atomic mass is 32.2. The summed E-state index contributed by atoms with van der Waals surface area (Å²) >= 11 is 0. The van der Waals surface area contributed by atoms with Gasteiger partial charge in [0.2, 0.25) is 15.9 Å². The fourth-order valence-corrected chi connectivity index (χ4v) is 4.68. The molecule has 0 saturated carbocycles. The van der Waals surface area contributed by atoms with E-state index in [0.29, 0.717) is 25.9 Å². The van der Waals surface area contributed by atoms with Crippen LogP contribution in [0.4, 0.5) is 0 Å². The molecule has 1 aliphatic rings. The highest BCUT2D eigenvalue weighted by Gasteiger charge is 2.33. The summed E-state index contributed by atoms with van der Waals surface area (Å²) in [6.07, 6.45) is 5.85. The lowest BCUT2D eigenvalue weighted by Crippen LogP contribution is -2.45. The van der Waals surface area contributed by atoms with Crippen LogP contribution in [0.25, 0.3) is 0 Å². The van der Waals surface area contributed by atoms with Crippen molar-refractivity contribution in [1.29, 1.82) is 0 Å². The first kappa shape index (κ1) is 18.6. The van der Waals surface area contributed by atoms with E-state index in [2.05, 4.69) is 15.5 Å². The van der Waals surface area contributed by atoms with Gasteiger partial charge in [-0.3, -0.25) is 14.2 Å². The van der Waals surface area contributed by atoms with Crippen molar-refractivity contribution < 1.29 is 13.2 Å². The number of aromatic nitrogens is 4. The third-order valence-electron chi connectivity index (χ3n) is 4.62. The van der Waals surface area contributed by atoms with Crippen LogP contribution in [0.2, 0.25) is 0 Å². The molecule has 1 amide bonds. The molecule has 0 spiro atoms. The fourth-order valence-electron chi connectivity index (χ4n) is 3.17. The molecule has 0 bridgehead atoms. The van der Waals surface area contributed by atoms with Crippen molar-refractivity contribution in [1.82, 2.24) is 29.2 Å². The lowest BCUT2D eigenvalue weighted by Gasteiger charge is -2.30. The number of nitrogens with one attached hydrogen (secondary N) is 1. The van der Waals surface area contributed by atoms with E-state index >= 15 is 0 Å². The van der Waals surface area contributed by atoms with E-state index in [1.54, 1.807) is 13.2 Å². The number of nitrogens with zero attached hydrogens (tertiary/aromatic N) is 5. The van der Waals surface area contributed by atoms with Crippen LogP contribution in [-0.4, -0.2) is 51.3 Å². The van der Waals surface area contributed by atoms with Crippen molar-refractivity contribution in [3.05, 3.63) is 30.4 Å². The maximum atomic E-state index is 12.7. The second kappa shape index (κ2) is 7.58. The Bertz CT molecular complexity index is 872. The molecule has 1 aliphatic heterocycles. The van der Waals surface area contributed by atoms with Gasteiger partial charge >= 0.3 is 0 Å². The first-order chi connectivity index (χ1) is 12.4. The van der Waals surface area contributed by atoms with E-state index in [9.17, 15) is 13.2 Å². The number of aryl methyl sites for hydroxylation is 2. The Balaban J connectivity index is 1.63. The minimum Gasteiger partial charge on any atom is -0.350 e. The van der Waals surface area contributed by atoms with Crippen LogP contribution < -0.4 is 5.32 Å². The average molecular weight is 380 g/mol. The van der Waals surface area contributed by atoms with Crippen molar-refractivity contribution in [2.45, 2.75) is 37.8 Å². The SMILES string of the molecule is CCn1nccc1CNC(=O)[C@@H]1CCCN(S(=O)(=O)c2cnn(C)c2)C1. The Kier molecular flexibility index (Phi) is 5.42. The van der Waals surface area contributed by atoms with Gasteiger partial charge in [-0.05, 0) is 25.8 Å². The summed E-state index contributed by atoms with van der Waals surface area (Å²) < 4.78 is 30.1. The van der Waals surface area contributed by atoms with Crippen LogP contribution in [0.5, 0.6) is 0 Å². The first-order valence-corrected chi connectivity index (χ1v) is 10.1. The molecular formula is C16H24N6O3S. The molecule has 3 rings (SSSR count). The monoisotopic (exact) mass is 380 g/mol. The largest absolute Gasteiger partial charge is 0.350 e. The van der Waals surface area contributed by atoms with Gasteiger partial charge in [-0.1, -0.05) is 0 Å². The molecule has 0 unspecified atom stereocenters. The Morgan fingerprint density at radius 3 is 2.88 bits per heavy atom. The molecule has 3 heterocycles. The van der Waals surface area contributed by atoms with Gasteiger partial charge in [0.25, 0.3) is 0 Å². The van der Waals surface area contributed by atoms with Gasteiger partial charge in [0, 0.05) is 39.1 Å². The van der Waals surface area contributed by atoms with Gasteiger partial charge < -0.3 is 5.32 Å². The fraction of sp³-hybridized carbons (Fsp3) is 0.562. The van der Waals surface area contributed by atoms with Gasteiger partial charge in [0.05, 0.1) is 24.4 Å². The van der Waals surface area contributed by atoms with Crippen molar-refractivity contribution in [3.8, 4) is 0 Å². The van der Waals surface area contributed by atoms with Crippen LogP contribution in [0.15, 0.2) is 29.6 Å². The van der Waals surface area contributed by atoms with E-state index in [1.165, 1.54) is 21.4 Å². The number of hydrogen-bond donors (Lipinski definition) is 1. The van der Waals surface area contributed by atoms with Crippen LogP contribution in [-0.2, 0) is 35.0 Å². The maximum absolute atomic E-state index is 12.7. The number of rotatable bonds is 6. The number of amides is 1. The molecule has 1 fully saturated rings. The van der Waals surface area contributed by atoms with Crippen molar-refractivity contribution in [2.75, 3.05) is 13.1 Å². The minimum atomic E-state index is -3.62. The highest BCUT2D eigenvalue weighted by Crippen LogP contribution is 2.23. The lowest BCUT2D eigenvalue weighted by molar-refractivity contribution is -0.126. The summed E-state index contributed by atoms with van der Waals surface area (Å²) in [6, 6.07) is 1.86. The number of carbonyl (C=O) groups is 1. The number of piperidine rings is 1. The summed E-state index contributed by atoms with van der Waals surface area (Å²) in [6.45, 7) is 3.72. The topological polar surface area (TPSA) is 102 Å². The van der Waals surface area contributed by atoms with E-state index in [1.807, 2.05) is 17.7 Å². The first-order valence-electron chi connectivity index (χ1n) is 8.69. The van der Waals surface area contributed by atoms with Gasteiger partial charge in [-0.25, -0.2) is 8.42 Å². The summed E-state index contributed by atoms with van der Waals surface area (Å²) in [5.74, 6) is -0.479. The molecule has 0 aromatic carbocycles. The average Bonchev–Trinajstić information content (AvgIpc) is 3.28. The van der Waals surface area contributed by atoms with Crippen LogP contribution in [0.3, 0.4) is 0 Å². The van der Waals surface area contributed by atoms with Crippen molar-refractivity contribution in [3.63, 3.8) is 0 Å². The second-order valence-electron chi connectivity index (χ2n) is 6.41. The predicted octanol–water partition coefficient (Wildman–Crippen LogP) is 0.354. The molecule has 26 heavy (non-hydrogen) atoms. The molecule has 2 aromatic rings. The van der Waals surface area contributed by atoms with Crippen LogP contribution in [0.1, 0.15) is 25.5 Å². The highest BCUT2D eigenvalue weighted by molar-refractivity contribution is 7.89. The third kappa shape index (κ3) is 3.80. The normalized spacial score (nSPS) is 18.8. The zero-order chi connectivity index (χ0) is 18.7. The van der Waals surface area contributed by atoms with Gasteiger partial charge in [0.1, 0.15) is 4.90 Å². The van der Waals surface area contributed by atoms with Crippen LogP contribution >= 0.6 is 0 Å². The smallest absolute Gasteiger partial charge is 0.246 e. The van der Waals surface area contributed by atoms with Crippen molar-refractivity contribution in [2.24, 2.45) is 13.0 Å². The van der Waals surface area contributed by atoms with Crippen LogP contribution in [0, 0.1) is 5.92 Å². The van der Waals surface area contributed by atoms with E-state index < -0.39 is 10.0 Å². The van der Waals surface area contributed by atoms with Crippen molar-refractivity contribution >= 4 is 15.9 Å². The summed E-state index contributed by atoms with van der Waals surface area (Å²) in [5.41, 5.74) is 0.927. The summed E-state index contributed by atoms with van der Waals surface area (Å²) in [7, 11) is -1.95. The molecule has 1 N–H and O–H groups in total. The molecule has 9 nitrogen and oxygen atoms in total. The summed E-state index contributed by atoms with van der Waals surface area (Å²) in [4.78, 5) is 12.7. The Labute approximate surface area is 153 Å². The quantitative estimate of drug-likeness (QED) is 0.779.